The van der Waals surface area contributed by atoms with Crippen molar-refractivity contribution >= 4 is 21.6 Å². The van der Waals surface area contributed by atoms with Gasteiger partial charge in [-0.15, -0.1) is 0 Å². The predicted molar refractivity (Wildman–Crippen MR) is 95.3 cm³/mol. The predicted octanol–water partition coefficient (Wildman–Crippen LogP) is 2.94. The van der Waals surface area contributed by atoms with Crippen LogP contribution in [0.1, 0.15) is 20.8 Å². The quantitative estimate of drug-likeness (QED) is 0.887. The number of hydrogen-bond donors (Lipinski definition) is 1. The number of benzene rings is 2. The average molecular weight is 364 g/mol. The molecule has 2 rings (SSSR count). The number of carbonyl (C=O) groups is 1. The van der Waals surface area contributed by atoms with Gasteiger partial charge in [0.1, 0.15) is 12.4 Å². The Morgan fingerprint density at radius 3 is 2.12 bits per heavy atom. The van der Waals surface area contributed by atoms with Gasteiger partial charge >= 0.3 is 0 Å². The zero-order valence-corrected chi connectivity index (χ0v) is 15.2. The molecule has 0 bridgehead atoms. The van der Waals surface area contributed by atoms with Gasteiger partial charge in [-0.05, 0) is 57.2 Å². The van der Waals surface area contributed by atoms with Gasteiger partial charge in [0.25, 0.3) is 10.0 Å². The van der Waals surface area contributed by atoms with Crippen LogP contribution in [0.15, 0.2) is 59.5 Å². The molecular formula is C18H21FN2O3S. The van der Waals surface area contributed by atoms with E-state index in [1.165, 1.54) is 24.3 Å². The molecule has 0 aliphatic rings. The van der Waals surface area contributed by atoms with Gasteiger partial charge in [0, 0.05) is 5.54 Å². The van der Waals surface area contributed by atoms with Crippen molar-refractivity contribution in [3.05, 3.63) is 60.4 Å². The third kappa shape index (κ3) is 5.03. The van der Waals surface area contributed by atoms with E-state index in [2.05, 4.69) is 5.32 Å². The molecule has 0 aromatic heterocycles. The lowest BCUT2D eigenvalue weighted by Gasteiger charge is -2.27. The Hall–Kier alpha value is -2.41. The van der Waals surface area contributed by atoms with Crippen molar-refractivity contribution in [2.45, 2.75) is 31.2 Å². The number of rotatable bonds is 5. The van der Waals surface area contributed by atoms with Gasteiger partial charge < -0.3 is 5.32 Å². The summed E-state index contributed by atoms with van der Waals surface area (Å²) in [7, 11) is -3.97. The van der Waals surface area contributed by atoms with Gasteiger partial charge in [-0.25, -0.2) is 12.8 Å². The summed E-state index contributed by atoms with van der Waals surface area (Å²) in [4.78, 5) is 12.4. The van der Waals surface area contributed by atoms with Crippen LogP contribution in [0.5, 0.6) is 0 Å². The number of amides is 1. The lowest BCUT2D eigenvalue weighted by atomic mass is 10.1. The Labute approximate surface area is 147 Å². The molecule has 1 N–H and O–H groups in total. The highest BCUT2D eigenvalue weighted by Gasteiger charge is 2.28. The third-order valence-electron chi connectivity index (χ3n) is 3.25. The first-order valence-electron chi connectivity index (χ1n) is 7.74. The Morgan fingerprint density at radius 2 is 1.60 bits per heavy atom. The summed E-state index contributed by atoms with van der Waals surface area (Å²) < 4.78 is 40.1. The van der Waals surface area contributed by atoms with Crippen LogP contribution < -0.4 is 9.62 Å². The van der Waals surface area contributed by atoms with E-state index >= 15 is 0 Å². The molecule has 2 aromatic carbocycles. The summed E-state index contributed by atoms with van der Waals surface area (Å²) in [6.45, 7) is 5.01. The van der Waals surface area contributed by atoms with Gasteiger partial charge in [0.2, 0.25) is 5.91 Å². The SMILES string of the molecule is CC(C)(C)NC(=O)CN(c1ccc(F)cc1)S(=O)(=O)c1ccccc1. The van der Waals surface area contributed by atoms with Crippen molar-refractivity contribution < 1.29 is 17.6 Å². The zero-order valence-electron chi connectivity index (χ0n) is 14.4. The molecule has 0 aliphatic heterocycles. The molecule has 2 aromatic rings. The van der Waals surface area contributed by atoms with Crippen molar-refractivity contribution in [2.24, 2.45) is 0 Å². The van der Waals surface area contributed by atoms with E-state index < -0.39 is 33.8 Å². The lowest BCUT2D eigenvalue weighted by molar-refractivity contribution is -0.121. The molecule has 7 heteroatoms. The minimum Gasteiger partial charge on any atom is -0.350 e. The molecular weight excluding hydrogens is 343 g/mol. The summed E-state index contributed by atoms with van der Waals surface area (Å²) in [5.41, 5.74) is -0.281. The molecule has 0 fully saturated rings. The van der Waals surface area contributed by atoms with E-state index in [4.69, 9.17) is 0 Å². The highest BCUT2D eigenvalue weighted by molar-refractivity contribution is 7.92. The number of nitrogens with one attached hydrogen (secondary N) is 1. The van der Waals surface area contributed by atoms with Crippen molar-refractivity contribution in [3.63, 3.8) is 0 Å². The standard InChI is InChI=1S/C18H21FN2O3S/c1-18(2,3)20-17(22)13-21(15-11-9-14(19)10-12-15)25(23,24)16-7-5-4-6-8-16/h4-12H,13H2,1-3H3,(H,20,22). The van der Waals surface area contributed by atoms with Crippen LogP contribution >= 0.6 is 0 Å². The van der Waals surface area contributed by atoms with E-state index in [-0.39, 0.29) is 10.6 Å². The maximum Gasteiger partial charge on any atom is 0.264 e. The minimum atomic E-state index is -3.97. The van der Waals surface area contributed by atoms with Crippen molar-refractivity contribution in [3.8, 4) is 0 Å². The van der Waals surface area contributed by atoms with Crippen molar-refractivity contribution in [1.82, 2.24) is 5.32 Å². The number of nitrogens with zero attached hydrogens (tertiary/aromatic N) is 1. The van der Waals surface area contributed by atoms with E-state index in [0.717, 1.165) is 16.4 Å². The van der Waals surface area contributed by atoms with Crippen LogP contribution in [-0.4, -0.2) is 26.4 Å². The van der Waals surface area contributed by atoms with Crippen LogP contribution in [0, 0.1) is 5.82 Å². The molecule has 0 saturated carbocycles. The van der Waals surface area contributed by atoms with Crippen LogP contribution in [-0.2, 0) is 14.8 Å². The highest BCUT2D eigenvalue weighted by atomic mass is 32.2. The molecule has 0 aliphatic carbocycles. The molecule has 0 atom stereocenters. The summed E-state index contributed by atoms with van der Waals surface area (Å²) in [6, 6.07) is 12.8. The second kappa shape index (κ2) is 7.23. The first-order chi connectivity index (χ1) is 11.6. The van der Waals surface area contributed by atoms with Gasteiger partial charge in [-0.1, -0.05) is 18.2 Å². The Kier molecular flexibility index (Phi) is 5.47. The molecule has 1 amide bonds. The number of halogens is 1. The first-order valence-corrected chi connectivity index (χ1v) is 9.18. The number of anilines is 1. The van der Waals surface area contributed by atoms with Gasteiger partial charge in [0.05, 0.1) is 10.6 Å². The third-order valence-corrected chi connectivity index (χ3v) is 5.04. The molecule has 0 heterocycles. The molecule has 5 nitrogen and oxygen atoms in total. The second-order valence-electron chi connectivity index (χ2n) is 6.60. The monoisotopic (exact) mass is 364 g/mol. The first kappa shape index (κ1) is 18.9. The molecule has 25 heavy (non-hydrogen) atoms. The Bertz CT molecular complexity index is 829. The smallest absolute Gasteiger partial charge is 0.264 e. The zero-order chi connectivity index (χ0) is 18.7. The van der Waals surface area contributed by atoms with Crippen LogP contribution in [0.4, 0.5) is 10.1 Å². The van der Waals surface area contributed by atoms with Crippen molar-refractivity contribution in [1.29, 1.82) is 0 Å². The van der Waals surface area contributed by atoms with Gasteiger partial charge in [-0.2, -0.15) is 0 Å². The number of hydrogen-bond acceptors (Lipinski definition) is 3. The van der Waals surface area contributed by atoms with Crippen LogP contribution in [0.2, 0.25) is 0 Å². The fraction of sp³-hybridized carbons (Fsp3) is 0.278. The maximum atomic E-state index is 13.2. The Balaban J connectivity index is 2.42. The van der Waals surface area contributed by atoms with E-state index in [0.29, 0.717) is 0 Å². The lowest BCUT2D eigenvalue weighted by Crippen LogP contribution is -2.47. The van der Waals surface area contributed by atoms with E-state index in [1.807, 2.05) is 0 Å². The fourth-order valence-electron chi connectivity index (χ4n) is 2.23. The number of sulfonamides is 1. The van der Waals surface area contributed by atoms with Crippen molar-refractivity contribution in [2.75, 3.05) is 10.8 Å². The molecule has 0 unspecified atom stereocenters. The molecule has 0 spiro atoms. The van der Waals surface area contributed by atoms with Gasteiger partial charge in [0.15, 0.2) is 0 Å². The molecule has 0 radical (unpaired) electrons. The normalized spacial score (nSPS) is 11.8. The van der Waals surface area contributed by atoms with E-state index in [1.54, 1.807) is 39.0 Å². The largest absolute Gasteiger partial charge is 0.350 e. The summed E-state index contributed by atoms with van der Waals surface area (Å²) >= 11 is 0. The molecule has 0 saturated heterocycles. The molecule has 134 valence electrons. The summed E-state index contributed by atoms with van der Waals surface area (Å²) in [5.74, 6) is -0.934. The summed E-state index contributed by atoms with van der Waals surface area (Å²) in [5, 5.41) is 2.74. The summed E-state index contributed by atoms with van der Waals surface area (Å²) in [6.07, 6.45) is 0. The second-order valence-corrected chi connectivity index (χ2v) is 8.46. The Morgan fingerprint density at radius 1 is 1.04 bits per heavy atom. The highest BCUT2D eigenvalue weighted by Crippen LogP contribution is 2.23. The average Bonchev–Trinajstić information content (AvgIpc) is 2.53. The van der Waals surface area contributed by atoms with Gasteiger partial charge in [-0.3, -0.25) is 9.10 Å². The van der Waals surface area contributed by atoms with Crippen LogP contribution in [0.25, 0.3) is 0 Å². The number of carbonyl (C=O) groups excluding carboxylic acids is 1. The topological polar surface area (TPSA) is 66.5 Å². The van der Waals surface area contributed by atoms with Crippen LogP contribution in [0.3, 0.4) is 0 Å². The maximum absolute atomic E-state index is 13.2. The minimum absolute atomic E-state index is 0.0582. The van der Waals surface area contributed by atoms with E-state index in [9.17, 15) is 17.6 Å². The fourth-order valence-corrected chi connectivity index (χ4v) is 3.67.